The summed E-state index contributed by atoms with van der Waals surface area (Å²) >= 11 is 12.3. The minimum absolute atomic E-state index is 0.0921. The minimum atomic E-state index is -0.796. The van der Waals surface area contributed by atoms with Crippen molar-refractivity contribution in [3.63, 3.8) is 0 Å². The van der Waals surface area contributed by atoms with E-state index in [1.54, 1.807) is 41.3 Å². The van der Waals surface area contributed by atoms with Gasteiger partial charge in [0.05, 0.1) is 41.1 Å². The van der Waals surface area contributed by atoms with Gasteiger partial charge in [-0.3, -0.25) is 9.59 Å². The van der Waals surface area contributed by atoms with Crippen molar-refractivity contribution in [3.05, 3.63) is 58.1 Å². The van der Waals surface area contributed by atoms with Crippen LogP contribution in [0.15, 0.2) is 42.5 Å². The van der Waals surface area contributed by atoms with Crippen LogP contribution in [0.2, 0.25) is 10.0 Å². The van der Waals surface area contributed by atoms with Crippen LogP contribution >= 0.6 is 23.2 Å². The fraction of sp³-hybridized carbons (Fsp3) is 0.300. The first-order chi connectivity index (χ1) is 13.6. The lowest BCUT2D eigenvalue weighted by molar-refractivity contribution is -0.142. The van der Waals surface area contributed by atoms with Gasteiger partial charge < -0.3 is 19.3 Å². The van der Waals surface area contributed by atoms with Crippen LogP contribution in [-0.4, -0.2) is 55.7 Å². The third-order valence-electron chi connectivity index (χ3n) is 4.80. The quantitative estimate of drug-likeness (QED) is 0.747. The molecule has 1 saturated heterocycles. The molecule has 0 aromatic heterocycles. The normalized spacial score (nSPS) is 19.0. The van der Waals surface area contributed by atoms with Crippen LogP contribution in [0.3, 0.4) is 0 Å². The summed E-state index contributed by atoms with van der Waals surface area (Å²) < 4.78 is 11.2. The third-order valence-corrected chi connectivity index (χ3v) is 5.62. The van der Waals surface area contributed by atoms with E-state index in [0.717, 1.165) is 0 Å². The Hall–Kier alpha value is -2.28. The van der Waals surface area contributed by atoms with Gasteiger partial charge in [0.25, 0.3) is 11.8 Å². The van der Waals surface area contributed by atoms with Gasteiger partial charge in [-0.1, -0.05) is 41.4 Å². The van der Waals surface area contributed by atoms with Crippen molar-refractivity contribution in [2.45, 2.75) is 6.10 Å². The number of rotatable bonds is 2. The van der Waals surface area contributed by atoms with Crippen LogP contribution in [0.4, 0.5) is 5.69 Å². The molecule has 0 radical (unpaired) electrons. The number of hydrogen-bond acceptors (Lipinski definition) is 4. The second-order valence-electron chi connectivity index (χ2n) is 6.53. The van der Waals surface area contributed by atoms with Crippen molar-refractivity contribution < 1.29 is 19.1 Å². The van der Waals surface area contributed by atoms with E-state index in [-0.39, 0.29) is 28.9 Å². The van der Waals surface area contributed by atoms with Crippen LogP contribution in [0.25, 0.3) is 0 Å². The predicted molar refractivity (Wildman–Crippen MR) is 106 cm³/mol. The fourth-order valence-corrected chi connectivity index (χ4v) is 3.74. The number of morpholine rings is 1. The van der Waals surface area contributed by atoms with E-state index in [0.29, 0.717) is 42.8 Å². The monoisotopic (exact) mass is 420 g/mol. The van der Waals surface area contributed by atoms with Gasteiger partial charge in [0.1, 0.15) is 5.75 Å². The Kier molecular flexibility index (Phi) is 5.44. The summed E-state index contributed by atoms with van der Waals surface area (Å²) in [4.78, 5) is 29.4. The molecular formula is C20H18Cl2N2O4. The molecule has 1 fully saturated rings. The lowest BCUT2D eigenvalue weighted by Gasteiger charge is -2.37. The molecule has 2 aromatic carbocycles. The number of carbonyl (C=O) groups is 2. The first-order valence-electron chi connectivity index (χ1n) is 8.94. The number of benzene rings is 2. The van der Waals surface area contributed by atoms with Crippen LogP contribution < -0.4 is 9.64 Å². The van der Waals surface area contributed by atoms with E-state index in [1.165, 1.54) is 4.90 Å². The number of para-hydroxylation sites is 2. The Morgan fingerprint density at radius 3 is 2.54 bits per heavy atom. The molecule has 2 aliphatic heterocycles. The highest BCUT2D eigenvalue weighted by Crippen LogP contribution is 2.36. The topological polar surface area (TPSA) is 59.1 Å². The van der Waals surface area contributed by atoms with E-state index >= 15 is 0 Å². The molecule has 2 aromatic rings. The van der Waals surface area contributed by atoms with Crippen LogP contribution in [-0.2, 0) is 9.53 Å². The summed E-state index contributed by atoms with van der Waals surface area (Å²) in [5.41, 5.74) is 0.873. The summed E-state index contributed by atoms with van der Waals surface area (Å²) in [6.07, 6.45) is -0.796. The summed E-state index contributed by atoms with van der Waals surface area (Å²) in [5, 5.41) is 0.490. The van der Waals surface area contributed by atoms with E-state index in [1.807, 2.05) is 6.07 Å². The summed E-state index contributed by atoms with van der Waals surface area (Å²) in [6.45, 7) is 2.10. The zero-order valence-electron chi connectivity index (χ0n) is 14.9. The number of nitrogens with zero attached hydrogens (tertiary/aromatic N) is 2. The fourth-order valence-electron chi connectivity index (χ4n) is 3.36. The lowest BCUT2D eigenvalue weighted by Crippen LogP contribution is -2.54. The Labute approximate surface area is 172 Å². The van der Waals surface area contributed by atoms with Crippen LogP contribution in [0.5, 0.6) is 5.75 Å². The molecule has 2 amide bonds. The Morgan fingerprint density at radius 2 is 1.75 bits per heavy atom. The Balaban J connectivity index is 1.66. The van der Waals surface area contributed by atoms with E-state index in [2.05, 4.69) is 0 Å². The molecule has 0 bridgehead atoms. The molecule has 28 heavy (non-hydrogen) atoms. The predicted octanol–water partition coefficient (Wildman–Crippen LogP) is 3.26. The smallest absolute Gasteiger partial charge is 0.265 e. The highest BCUT2D eigenvalue weighted by Gasteiger charge is 2.37. The SMILES string of the molecule is O=C([C@H]1CN(C(=O)c2cccc(Cl)c2Cl)c2ccccc2O1)N1CCOCC1. The van der Waals surface area contributed by atoms with Gasteiger partial charge in [-0.15, -0.1) is 0 Å². The third kappa shape index (κ3) is 3.55. The molecule has 0 aliphatic carbocycles. The summed E-state index contributed by atoms with van der Waals surface area (Å²) in [5.74, 6) is -0.0114. The molecule has 8 heteroatoms. The largest absolute Gasteiger partial charge is 0.476 e. The highest BCUT2D eigenvalue weighted by molar-refractivity contribution is 6.44. The van der Waals surface area contributed by atoms with Gasteiger partial charge in [-0.2, -0.15) is 0 Å². The first-order valence-corrected chi connectivity index (χ1v) is 9.70. The lowest BCUT2D eigenvalue weighted by atomic mass is 10.1. The molecule has 2 heterocycles. The van der Waals surface area contributed by atoms with Gasteiger partial charge in [-0.25, -0.2) is 0 Å². The van der Waals surface area contributed by atoms with Crippen molar-refractivity contribution in [2.75, 3.05) is 37.7 Å². The van der Waals surface area contributed by atoms with Gasteiger partial charge in [0.2, 0.25) is 0 Å². The standard InChI is InChI=1S/C20H18Cl2N2O4/c21-14-5-3-4-13(18(14)22)19(25)24-12-17(20(26)23-8-10-27-11-9-23)28-16-7-2-1-6-15(16)24/h1-7,17H,8-12H2/t17-/m1/s1. The molecule has 6 nitrogen and oxygen atoms in total. The van der Waals surface area contributed by atoms with Gasteiger partial charge in [0.15, 0.2) is 6.10 Å². The molecule has 2 aliphatic rings. The Morgan fingerprint density at radius 1 is 1.00 bits per heavy atom. The van der Waals surface area contributed by atoms with Crippen molar-refractivity contribution in [2.24, 2.45) is 0 Å². The molecule has 4 rings (SSSR count). The van der Waals surface area contributed by atoms with Crippen molar-refractivity contribution in [1.82, 2.24) is 4.90 Å². The average Bonchev–Trinajstić information content (AvgIpc) is 2.74. The number of amides is 2. The average molecular weight is 421 g/mol. The maximum Gasteiger partial charge on any atom is 0.265 e. The second kappa shape index (κ2) is 7.99. The van der Waals surface area contributed by atoms with Gasteiger partial charge in [0, 0.05) is 13.1 Å². The number of halogens is 2. The van der Waals surface area contributed by atoms with Gasteiger partial charge in [-0.05, 0) is 24.3 Å². The molecule has 0 unspecified atom stereocenters. The molecular weight excluding hydrogens is 403 g/mol. The number of ether oxygens (including phenoxy) is 2. The number of hydrogen-bond donors (Lipinski definition) is 0. The number of carbonyl (C=O) groups excluding carboxylic acids is 2. The van der Waals surface area contributed by atoms with Crippen LogP contribution in [0, 0.1) is 0 Å². The zero-order chi connectivity index (χ0) is 19.7. The van der Waals surface area contributed by atoms with Crippen molar-refractivity contribution >= 4 is 40.7 Å². The van der Waals surface area contributed by atoms with E-state index in [4.69, 9.17) is 32.7 Å². The number of fused-ring (bicyclic) bond motifs is 1. The maximum atomic E-state index is 13.3. The summed E-state index contributed by atoms with van der Waals surface area (Å²) in [7, 11) is 0. The minimum Gasteiger partial charge on any atom is -0.476 e. The molecule has 0 spiro atoms. The molecule has 0 N–H and O–H groups in total. The Bertz CT molecular complexity index is 915. The van der Waals surface area contributed by atoms with E-state index in [9.17, 15) is 9.59 Å². The zero-order valence-corrected chi connectivity index (χ0v) is 16.4. The molecule has 0 saturated carbocycles. The molecule has 146 valence electrons. The van der Waals surface area contributed by atoms with E-state index < -0.39 is 6.10 Å². The molecule has 1 atom stereocenters. The summed E-state index contributed by atoms with van der Waals surface area (Å²) in [6, 6.07) is 12.0. The van der Waals surface area contributed by atoms with Crippen molar-refractivity contribution in [1.29, 1.82) is 0 Å². The second-order valence-corrected chi connectivity index (χ2v) is 7.31. The maximum absolute atomic E-state index is 13.3. The van der Waals surface area contributed by atoms with Crippen LogP contribution in [0.1, 0.15) is 10.4 Å². The van der Waals surface area contributed by atoms with Crippen molar-refractivity contribution in [3.8, 4) is 5.75 Å². The highest BCUT2D eigenvalue weighted by atomic mass is 35.5. The van der Waals surface area contributed by atoms with Gasteiger partial charge >= 0.3 is 0 Å². The number of anilines is 1. The first kappa shape index (κ1) is 19.1.